The fourth-order valence-corrected chi connectivity index (χ4v) is 4.43. The smallest absolute Gasteiger partial charge is 0.261 e. The van der Waals surface area contributed by atoms with E-state index in [0.717, 1.165) is 36.8 Å². The fourth-order valence-electron chi connectivity index (χ4n) is 3.91. The first-order chi connectivity index (χ1) is 15.3. The van der Waals surface area contributed by atoms with Gasteiger partial charge in [0.25, 0.3) is 5.91 Å². The number of rotatable bonds is 8. The summed E-state index contributed by atoms with van der Waals surface area (Å²) in [6.07, 6.45) is 4.17. The van der Waals surface area contributed by atoms with Crippen LogP contribution in [0.1, 0.15) is 49.3 Å². The van der Waals surface area contributed by atoms with Gasteiger partial charge >= 0.3 is 0 Å². The van der Waals surface area contributed by atoms with Crippen molar-refractivity contribution in [3.8, 4) is 5.75 Å². The zero-order valence-corrected chi connectivity index (χ0v) is 20.3. The lowest BCUT2D eigenvalue weighted by Crippen LogP contribution is -2.50. The van der Waals surface area contributed by atoms with Gasteiger partial charge in [-0.1, -0.05) is 54.2 Å². The molecule has 2 aromatic carbocycles. The summed E-state index contributed by atoms with van der Waals surface area (Å²) in [5, 5.41) is 3.99. The molecule has 0 aromatic heterocycles. The Morgan fingerprint density at radius 1 is 1.12 bits per heavy atom. The van der Waals surface area contributed by atoms with Gasteiger partial charge in [-0.3, -0.25) is 9.59 Å². The Morgan fingerprint density at radius 2 is 1.78 bits per heavy atom. The Balaban J connectivity index is 1.79. The molecule has 0 radical (unpaired) electrons. The predicted molar refractivity (Wildman–Crippen MR) is 128 cm³/mol. The van der Waals surface area contributed by atoms with Gasteiger partial charge < -0.3 is 15.0 Å². The Bertz CT molecular complexity index is 953. The van der Waals surface area contributed by atoms with Crippen molar-refractivity contribution < 1.29 is 14.3 Å². The molecule has 1 N–H and O–H groups in total. The number of nitrogens with one attached hydrogen (secondary N) is 1. The molecule has 3 rings (SSSR count). The number of carbonyl (C=O) groups is 2. The van der Waals surface area contributed by atoms with E-state index in [1.807, 2.05) is 32.0 Å². The predicted octanol–water partition coefficient (Wildman–Crippen LogP) is 5.47. The van der Waals surface area contributed by atoms with E-state index in [0.29, 0.717) is 21.4 Å². The van der Waals surface area contributed by atoms with E-state index >= 15 is 0 Å². The minimum Gasteiger partial charge on any atom is -0.483 e. The molecule has 0 unspecified atom stereocenters. The van der Waals surface area contributed by atoms with Crippen LogP contribution in [-0.2, 0) is 16.1 Å². The normalized spacial score (nSPS) is 14.8. The zero-order chi connectivity index (χ0) is 23.3. The second-order valence-electron chi connectivity index (χ2n) is 8.45. The zero-order valence-electron chi connectivity index (χ0n) is 18.8. The summed E-state index contributed by atoms with van der Waals surface area (Å²) in [7, 11) is 0. The maximum atomic E-state index is 13.3. The van der Waals surface area contributed by atoms with E-state index in [1.54, 1.807) is 25.1 Å². The molecule has 1 aliphatic rings. The molecular weight excluding hydrogens is 447 g/mol. The van der Waals surface area contributed by atoms with Gasteiger partial charge in [-0.05, 0) is 62.9 Å². The summed E-state index contributed by atoms with van der Waals surface area (Å²) < 4.78 is 5.83. The first-order valence-corrected chi connectivity index (χ1v) is 11.7. The van der Waals surface area contributed by atoms with Crippen LogP contribution in [0.4, 0.5) is 0 Å². The molecule has 7 heteroatoms. The maximum absolute atomic E-state index is 13.3. The summed E-state index contributed by atoms with van der Waals surface area (Å²) in [6, 6.07) is 10.5. The van der Waals surface area contributed by atoms with Gasteiger partial charge in [-0.2, -0.15) is 0 Å². The van der Waals surface area contributed by atoms with Crippen LogP contribution in [0.2, 0.25) is 10.0 Å². The second kappa shape index (κ2) is 11.1. The van der Waals surface area contributed by atoms with Gasteiger partial charge in [0.1, 0.15) is 11.8 Å². The minimum atomic E-state index is -0.697. The Morgan fingerprint density at radius 3 is 2.44 bits per heavy atom. The average molecular weight is 477 g/mol. The number of nitrogens with zero attached hydrogens (tertiary/aromatic N) is 1. The Kier molecular flexibility index (Phi) is 8.44. The van der Waals surface area contributed by atoms with Crippen molar-refractivity contribution in [2.24, 2.45) is 0 Å². The molecule has 0 saturated heterocycles. The quantitative estimate of drug-likeness (QED) is 0.549. The van der Waals surface area contributed by atoms with Crippen LogP contribution < -0.4 is 10.1 Å². The molecule has 1 atom stereocenters. The lowest BCUT2D eigenvalue weighted by Gasteiger charge is -2.30. The highest BCUT2D eigenvalue weighted by Gasteiger charge is 2.29. The van der Waals surface area contributed by atoms with Gasteiger partial charge in [-0.15, -0.1) is 0 Å². The van der Waals surface area contributed by atoms with Crippen molar-refractivity contribution in [2.75, 3.05) is 6.61 Å². The highest BCUT2D eigenvalue weighted by molar-refractivity contribution is 6.36. The third-order valence-corrected chi connectivity index (χ3v) is 6.66. The summed E-state index contributed by atoms with van der Waals surface area (Å²) in [5.74, 6) is 0.160. The van der Waals surface area contributed by atoms with Crippen LogP contribution in [-0.4, -0.2) is 35.4 Å². The first kappa shape index (κ1) is 24.4. The number of ether oxygens (including phenoxy) is 1. The number of hydrogen-bond acceptors (Lipinski definition) is 3. The van der Waals surface area contributed by atoms with E-state index < -0.39 is 6.04 Å². The largest absolute Gasteiger partial charge is 0.483 e. The number of halogens is 2. The molecule has 172 valence electrons. The summed E-state index contributed by atoms with van der Waals surface area (Å²) in [5.41, 5.74) is 2.59. The molecular formula is C25H30Cl2N2O3. The summed E-state index contributed by atoms with van der Waals surface area (Å²) >= 11 is 12.7. The first-order valence-electron chi connectivity index (χ1n) is 11.0. The number of benzene rings is 2. The third kappa shape index (κ3) is 6.17. The van der Waals surface area contributed by atoms with Gasteiger partial charge in [0.05, 0.1) is 0 Å². The molecule has 32 heavy (non-hydrogen) atoms. The Labute approximate surface area is 200 Å². The highest BCUT2D eigenvalue weighted by atomic mass is 35.5. The SMILES string of the molecule is Cc1ccc(C)c(OCC(=O)N(Cc2c(Cl)cccc2Cl)[C@H](C)C(=O)NC2CCCC2)c1. The van der Waals surface area contributed by atoms with E-state index in [1.165, 1.54) is 4.90 Å². The van der Waals surface area contributed by atoms with Crippen LogP contribution >= 0.6 is 23.2 Å². The van der Waals surface area contributed by atoms with Crippen LogP contribution in [0.5, 0.6) is 5.75 Å². The number of carbonyl (C=O) groups excluding carboxylic acids is 2. The third-order valence-electron chi connectivity index (χ3n) is 5.95. The van der Waals surface area contributed by atoms with E-state index in [4.69, 9.17) is 27.9 Å². The number of hydrogen-bond donors (Lipinski definition) is 1. The highest BCUT2D eigenvalue weighted by Crippen LogP contribution is 2.27. The van der Waals surface area contributed by atoms with Gasteiger partial charge in [0.15, 0.2) is 6.61 Å². The fraction of sp³-hybridized carbons (Fsp3) is 0.440. The van der Waals surface area contributed by atoms with Crippen LogP contribution in [0.3, 0.4) is 0 Å². The molecule has 2 aromatic rings. The summed E-state index contributed by atoms with van der Waals surface area (Å²) in [6.45, 7) is 5.55. The van der Waals surface area contributed by atoms with Crippen LogP contribution in [0.25, 0.3) is 0 Å². The van der Waals surface area contributed by atoms with Crippen molar-refractivity contribution in [1.82, 2.24) is 10.2 Å². The van der Waals surface area contributed by atoms with Crippen LogP contribution in [0, 0.1) is 13.8 Å². The van der Waals surface area contributed by atoms with Crippen molar-refractivity contribution in [2.45, 2.75) is 65.1 Å². The monoisotopic (exact) mass is 476 g/mol. The lowest BCUT2D eigenvalue weighted by molar-refractivity contribution is -0.142. The van der Waals surface area contributed by atoms with Crippen LogP contribution in [0.15, 0.2) is 36.4 Å². The van der Waals surface area contributed by atoms with Gasteiger partial charge in [0.2, 0.25) is 5.91 Å². The summed E-state index contributed by atoms with van der Waals surface area (Å²) in [4.78, 5) is 27.7. The van der Waals surface area contributed by atoms with Crippen molar-refractivity contribution in [1.29, 1.82) is 0 Å². The topological polar surface area (TPSA) is 58.6 Å². The molecule has 0 bridgehead atoms. The molecule has 0 spiro atoms. The van der Waals surface area contributed by atoms with Gasteiger partial charge in [0, 0.05) is 28.2 Å². The second-order valence-corrected chi connectivity index (χ2v) is 9.26. The Hall–Kier alpha value is -2.24. The number of aryl methyl sites for hydroxylation is 2. The lowest BCUT2D eigenvalue weighted by atomic mass is 10.1. The van der Waals surface area contributed by atoms with E-state index in [9.17, 15) is 9.59 Å². The molecule has 5 nitrogen and oxygen atoms in total. The molecule has 0 aliphatic heterocycles. The molecule has 1 aliphatic carbocycles. The van der Waals surface area contributed by atoms with Crippen molar-refractivity contribution in [3.63, 3.8) is 0 Å². The molecule has 2 amide bonds. The average Bonchev–Trinajstić information content (AvgIpc) is 3.26. The molecule has 0 heterocycles. The number of amides is 2. The minimum absolute atomic E-state index is 0.118. The van der Waals surface area contributed by atoms with E-state index in [2.05, 4.69) is 5.32 Å². The molecule has 1 saturated carbocycles. The van der Waals surface area contributed by atoms with E-state index in [-0.39, 0.29) is 31.0 Å². The molecule has 1 fully saturated rings. The standard InChI is InChI=1S/C25H30Cl2N2O3/c1-16-11-12-17(2)23(13-16)32-15-24(30)29(14-20-21(26)9-6-10-22(20)27)18(3)25(31)28-19-7-4-5-8-19/h6,9-13,18-19H,4-5,7-8,14-15H2,1-3H3,(H,28,31)/t18-/m1/s1. The maximum Gasteiger partial charge on any atom is 0.261 e. The van der Waals surface area contributed by atoms with Crippen molar-refractivity contribution >= 4 is 35.0 Å². The van der Waals surface area contributed by atoms with Crippen molar-refractivity contribution in [3.05, 3.63) is 63.1 Å². The van der Waals surface area contributed by atoms with Gasteiger partial charge in [-0.25, -0.2) is 0 Å².